The number of anilines is 3. The summed E-state index contributed by atoms with van der Waals surface area (Å²) in [5.74, 6) is -1.06. The van der Waals surface area contributed by atoms with Crippen LogP contribution >= 0.6 is 0 Å². The molecule has 0 aromatic heterocycles. The third kappa shape index (κ3) is 2.87. The molecule has 5 heteroatoms. The Bertz CT molecular complexity index is 673. The zero-order chi connectivity index (χ0) is 14.5. The average Bonchev–Trinajstić information content (AvgIpc) is 2.43. The van der Waals surface area contributed by atoms with Crippen LogP contribution in [0, 0.1) is 11.3 Å². The van der Waals surface area contributed by atoms with E-state index in [1.54, 1.807) is 12.1 Å². The maximum Gasteiger partial charge on any atom is 0.337 e. The van der Waals surface area contributed by atoms with Crippen molar-refractivity contribution in [2.45, 2.75) is 6.42 Å². The number of hydrogen-bond donors (Lipinski definition) is 3. The molecule has 0 aliphatic rings. The number of nitrogens with two attached hydrogens (primary N) is 1. The van der Waals surface area contributed by atoms with Gasteiger partial charge in [-0.25, -0.2) is 4.79 Å². The molecule has 100 valence electrons. The Morgan fingerprint density at radius 3 is 2.55 bits per heavy atom. The monoisotopic (exact) mass is 267 g/mol. The Labute approximate surface area is 116 Å². The van der Waals surface area contributed by atoms with Gasteiger partial charge in [0.15, 0.2) is 0 Å². The number of nitriles is 1. The molecule has 2 aromatic carbocycles. The lowest BCUT2D eigenvalue weighted by molar-refractivity contribution is 0.0698. The van der Waals surface area contributed by atoms with Crippen LogP contribution in [-0.2, 0) is 6.42 Å². The van der Waals surface area contributed by atoms with Crippen LogP contribution in [0.3, 0.4) is 0 Å². The van der Waals surface area contributed by atoms with Gasteiger partial charge < -0.3 is 16.2 Å². The fourth-order valence-corrected chi connectivity index (χ4v) is 1.81. The number of carboxylic acids is 1. The zero-order valence-corrected chi connectivity index (χ0v) is 10.6. The van der Waals surface area contributed by atoms with E-state index in [9.17, 15) is 4.79 Å². The molecule has 0 bridgehead atoms. The average molecular weight is 267 g/mol. The van der Waals surface area contributed by atoms with Gasteiger partial charge in [0.1, 0.15) is 0 Å². The predicted octanol–water partition coefficient (Wildman–Crippen LogP) is 2.78. The number of aromatic carboxylic acids is 1. The number of nitrogens with one attached hydrogen (secondary N) is 1. The zero-order valence-electron chi connectivity index (χ0n) is 10.6. The van der Waals surface area contributed by atoms with Crippen molar-refractivity contribution < 1.29 is 9.90 Å². The number of carboxylic acid groups (broad SMARTS) is 1. The first-order valence-electron chi connectivity index (χ1n) is 5.96. The third-order valence-electron chi connectivity index (χ3n) is 2.85. The summed E-state index contributed by atoms with van der Waals surface area (Å²) in [5.41, 5.74) is 8.32. The lowest BCUT2D eigenvalue weighted by atomic mass is 10.1. The van der Waals surface area contributed by atoms with E-state index in [0.29, 0.717) is 12.1 Å². The summed E-state index contributed by atoms with van der Waals surface area (Å²) < 4.78 is 0. The number of rotatable bonds is 4. The minimum atomic E-state index is -1.06. The summed E-state index contributed by atoms with van der Waals surface area (Å²) in [5, 5.41) is 20.7. The van der Waals surface area contributed by atoms with Crippen molar-refractivity contribution >= 4 is 23.0 Å². The fourth-order valence-electron chi connectivity index (χ4n) is 1.81. The van der Waals surface area contributed by atoms with Crippen LogP contribution in [0.5, 0.6) is 0 Å². The smallest absolute Gasteiger partial charge is 0.337 e. The molecule has 0 saturated carbocycles. The first kappa shape index (κ1) is 13.4. The number of nitrogen functional groups attached to an aromatic ring is 1. The molecule has 0 spiro atoms. The van der Waals surface area contributed by atoms with Gasteiger partial charge >= 0.3 is 5.97 Å². The van der Waals surface area contributed by atoms with Crippen molar-refractivity contribution in [3.63, 3.8) is 0 Å². The summed E-state index contributed by atoms with van der Waals surface area (Å²) >= 11 is 0. The summed E-state index contributed by atoms with van der Waals surface area (Å²) in [6, 6.07) is 14.2. The number of hydrogen-bond acceptors (Lipinski definition) is 4. The van der Waals surface area contributed by atoms with E-state index in [1.165, 1.54) is 6.07 Å². The maximum absolute atomic E-state index is 11.0. The molecule has 0 saturated heterocycles. The molecule has 2 rings (SSSR count). The van der Waals surface area contributed by atoms with Crippen molar-refractivity contribution in [3.05, 3.63) is 53.6 Å². The highest BCUT2D eigenvalue weighted by Gasteiger charge is 2.10. The molecule has 4 N–H and O–H groups in total. The number of para-hydroxylation sites is 1. The number of nitrogens with zero attached hydrogens (tertiary/aromatic N) is 1. The fraction of sp³-hybridized carbons (Fsp3) is 0.0667. The Hall–Kier alpha value is -3.00. The molecule has 0 atom stereocenters. The third-order valence-corrected chi connectivity index (χ3v) is 2.85. The maximum atomic E-state index is 11.0. The SMILES string of the molecule is N#CCc1ccc(Nc2cccc(C(=O)O)c2N)cc1. The van der Waals surface area contributed by atoms with E-state index in [2.05, 4.69) is 11.4 Å². The highest BCUT2D eigenvalue weighted by atomic mass is 16.4. The quantitative estimate of drug-likeness (QED) is 0.740. The van der Waals surface area contributed by atoms with Crippen LogP contribution < -0.4 is 11.1 Å². The van der Waals surface area contributed by atoms with Crippen molar-refractivity contribution in [2.24, 2.45) is 0 Å². The Morgan fingerprint density at radius 2 is 1.95 bits per heavy atom. The van der Waals surface area contributed by atoms with Crippen molar-refractivity contribution in [1.82, 2.24) is 0 Å². The van der Waals surface area contributed by atoms with Gasteiger partial charge in [0.25, 0.3) is 0 Å². The van der Waals surface area contributed by atoms with E-state index in [4.69, 9.17) is 16.1 Å². The van der Waals surface area contributed by atoms with Crippen LogP contribution in [0.4, 0.5) is 17.1 Å². The molecule has 0 heterocycles. The van der Waals surface area contributed by atoms with Crippen LogP contribution in [-0.4, -0.2) is 11.1 Å². The molecule has 0 aliphatic carbocycles. The first-order chi connectivity index (χ1) is 9.61. The van der Waals surface area contributed by atoms with Gasteiger partial charge in [0.05, 0.1) is 29.4 Å². The van der Waals surface area contributed by atoms with Crippen molar-refractivity contribution in [1.29, 1.82) is 5.26 Å². The minimum absolute atomic E-state index is 0.0658. The van der Waals surface area contributed by atoms with Crippen LogP contribution in [0.15, 0.2) is 42.5 Å². The van der Waals surface area contributed by atoms with E-state index in [-0.39, 0.29) is 11.3 Å². The van der Waals surface area contributed by atoms with Crippen LogP contribution in [0.1, 0.15) is 15.9 Å². The Balaban J connectivity index is 2.24. The van der Waals surface area contributed by atoms with E-state index < -0.39 is 5.97 Å². The molecular weight excluding hydrogens is 254 g/mol. The molecule has 0 aliphatic heterocycles. The van der Waals surface area contributed by atoms with E-state index in [1.807, 2.05) is 24.3 Å². The summed E-state index contributed by atoms with van der Waals surface area (Å²) in [7, 11) is 0. The second kappa shape index (κ2) is 5.76. The molecule has 0 amide bonds. The van der Waals surface area contributed by atoms with Gasteiger partial charge in [-0.2, -0.15) is 5.26 Å². The number of carbonyl (C=O) groups is 1. The standard InChI is InChI=1S/C15H13N3O2/c16-9-8-10-4-6-11(7-5-10)18-13-3-1-2-12(14(13)17)15(19)20/h1-7,18H,8,17H2,(H,19,20). The molecular formula is C15H13N3O2. The lowest BCUT2D eigenvalue weighted by Gasteiger charge is -2.11. The lowest BCUT2D eigenvalue weighted by Crippen LogP contribution is -2.05. The Morgan fingerprint density at radius 1 is 1.25 bits per heavy atom. The first-order valence-corrected chi connectivity index (χ1v) is 5.96. The topological polar surface area (TPSA) is 99.1 Å². The molecule has 0 fully saturated rings. The van der Waals surface area contributed by atoms with Gasteiger partial charge in [0, 0.05) is 5.69 Å². The minimum Gasteiger partial charge on any atom is -0.478 e. The highest BCUT2D eigenvalue weighted by molar-refractivity contribution is 5.97. The van der Waals surface area contributed by atoms with Crippen molar-refractivity contribution in [3.8, 4) is 6.07 Å². The molecule has 20 heavy (non-hydrogen) atoms. The van der Waals surface area contributed by atoms with Crippen molar-refractivity contribution in [2.75, 3.05) is 11.1 Å². The van der Waals surface area contributed by atoms with Gasteiger partial charge in [-0.15, -0.1) is 0 Å². The van der Waals surface area contributed by atoms with E-state index in [0.717, 1.165) is 11.3 Å². The Kier molecular flexibility index (Phi) is 3.87. The van der Waals surface area contributed by atoms with E-state index >= 15 is 0 Å². The number of benzene rings is 2. The van der Waals surface area contributed by atoms with Gasteiger partial charge in [-0.05, 0) is 29.8 Å². The molecule has 2 aromatic rings. The predicted molar refractivity (Wildman–Crippen MR) is 76.9 cm³/mol. The molecule has 0 unspecified atom stereocenters. The molecule has 0 radical (unpaired) electrons. The van der Waals surface area contributed by atoms with Gasteiger partial charge in [0.2, 0.25) is 0 Å². The van der Waals surface area contributed by atoms with Crippen LogP contribution in [0.2, 0.25) is 0 Å². The summed E-state index contributed by atoms with van der Waals surface area (Å²) in [6.45, 7) is 0. The van der Waals surface area contributed by atoms with Gasteiger partial charge in [-0.3, -0.25) is 0 Å². The second-order valence-corrected chi connectivity index (χ2v) is 4.23. The van der Waals surface area contributed by atoms with Crippen LogP contribution in [0.25, 0.3) is 0 Å². The highest BCUT2D eigenvalue weighted by Crippen LogP contribution is 2.26. The van der Waals surface area contributed by atoms with Gasteiger partial charge in [-0.1, -0.05) is 18.2 Å². The largest absolute Gasteiger partial charge is 0.478 e. The normalized spacial score (nSPS) is 9.75. The second-order valence-electron chi connectivity index (χ2n) is 4.23. The molecule has 5 nitrogen and oxygen atoms in total. The summed E-state index contributed by atoms with van der Waals surface area (Å²) in [4.78, 5) is 11.0. The summed E-state index contributed by atoms with van der Waals surface area (Å²) in [6.07, 6.45) is 0.358.